The zero-order valence-corrected chi connectivity index (χ0v) is 12.9. The average molecular weight is 324 g/mol. The number of benzene rings is 2. The van der Waals surface area contributed by atoms with Crippen LogP contribution in [0, 0.1) is 10.1 Å². The number of aromatic nitrogens is 2. The molecule has 1 aromatic heterocycles. The van der Waals surface area contributed by atoms with Crippen molar-refractivity contribution in [3.63, 3.8) is 0 Å². The lowest BCUT2D eigenvalue weighted by atomic mass is 10.1. The summed E-state index contributed by atoms with van der Waals surface area (Å²) in [5, 5.41) is 19.5. The first-order chi connectivity index (χ1) is 11.6. The first-order valence-corrected chi connectivity index (χ1v) is 7.57. The minimum Gasteiger partial charge on any atom is -0.326 e. The molecule has 1 heterocycles. The van der Waals surface area contributed by atoms with Crippen LogP contribution in [0.3, 0.4) is 0 Å². The number of amides is 1. The number of rotatable bonds is 6. The predicted octanol–water partition coefficient (Wildman–Crippen LogP) is 3.36. The maximum Gasteiger partial charge on any atom is 0.306 e. The van der Waals surface area contributed by atoms with Gasteiger partial charge in [-0.25, -0.2) is 0 Å². The number of carbonyl (C=O) groups excluding carboxylic acids is 1. The van der Waals surface area contributed by atoms with Crippen molar-refractivity contribution in [2.24, 2.45) is 0 Å². The van der Waals surface area contributed by atoms with Crippen LogP contribution in [-0.4, -0.2) is 20.6 Å². The number of nitro groups is 1. The number of anilines is 1. The van der Waals surface area contributed by atoms with Crippen LogP contribution in [0.5, 0.6) is 0 Å². The lowest BCUT2D eigenvalue weighted by Gasteiger charge is -2.07. The number of hydrogen-bond acceptors (Lipinski definition) is 4. The predicted molar refractivity (Wildman–Crippen MR) is 90.7 cm³/mol. The second kappa shape index (κ2) is 6.91. The molecule has 1 amide bonds. The van der Waals surface area contributed by atoms with Gasteiger partial charge in [-0.15, -0.1) is 0 Å². The first kappa shape index (κ1) is 15.7. The van der Waals surface area contributed by atoms with Crippen molar-refractivity contribution in [1.29, 1.82) is 0 Å². The van der Waals surface area contributed by atoms with Crippen molar-refractivity contribution >= 4 is 28.1 Å². The second-order valence-corrected chi connectivity index (χ2v) is 5.43. The summed E-state index contributed by atoms with van der Waals surface area (Å²) in [6.07, 6.45) is 3.44. The summed E-state index contributed by atoms with van der Waals surface area (Å²) < 4.78 is 1.47. The van der Waals surface area contributed by atoms with E-state index in [-0.39, 0.29) is 11.6 Å². The molecule has 0 spiro atoms. The van der Waals surface area contributed by atoms with Crippen LogP contribution >= 0.6 is 0 Å². The van der Waals surface area contributed by atoms with Crippen LogP contribution < -0.4 is 5.32 Å². The monoisotopic (exact) mass is 324 g/mol. The molecule has 0 atom stereocenters. The Bertz CT molecular complexity index is 888. The molecular weight excluding hydrogens is 308 g/mol. The summed E-state index contributed by atoms with van der Waals surface area (Å²) in [6, 6.07) is 13.7. The van der Waals surface area contributed by atoms with Gasteiger partial charge in [-0.1, -0.05) is 30.3 Å². The molecule has 24 heavy (non-hydrogen) atoms. The summed E-state index contributed by atoms with van der Waals surface area (Å²) >= 11 is 0. The lowest BCUT2D eigenvalue weighted by Crippen LogP contribution is -2.12. The average Bonchev–Trinajstić information content (AvgIpc) is 3.04. The number of fused-ring (bicyclic) bond motifs is 1. The van der Waals surface area contributed by atoms with Gasteiger partial charge in [0, 0.05) is 18.7 Å². The van der Waals surface area contributed by atoms with Crippen molar-refractivity contribution in [3.05, 3.63) is 65.0 Å². The minimum atomic E-state index is -0.490. The van der Waals surface area contributed by atoms with E-state index in [1.54, 1.807) is 0 Å². The van der Waals surface area contributed by atoms with Gasteiger partial charge in [0.25, 0.3) is 0 Å². The molecule has 2 aromatic carbocycles. The first-order valence-electron chi connectivity index (χ1n) is 7.57. The summed E-state index contributed by atoms with van der Waals surface area (Å²) in [5.74, 6) is -0.0908. The zero-order valence-electron chi connectivity index (χ0n) is 12.9. The van der Waals surface area contributed by atoms with E-state index in [9.17, 15) is 14.9 Å². The Hall–Kier alpha value is -3.22. The summed E-state index contributed by atoms with van der Waals surface area (Å²) in [6.45, 7) is 0.457. The fourth-order valence-electron chi connectivity index (χ4n) is 2.46. The Labute approximate surface area is 138 Å². The maximum atomic E-state index is 12.0. The SMILES string of the molecule is O=C(CCCn1cc([N+](=O)[O-])cn1)Nc1ccc2ccccc2c1. The van der Waals surface area contributed by atoms with E-state index < -0.39 is 4.92 Å². The molecular formula is C17H16N4O3. The summed E-state index contributed by atoms with van der Waals surface area (Å²) in [7, 11) is 0. The van der Waals surface area contributed by atoms with E-state index in [4.69, 9.17) is 0 Å². The normalized spacial score (nSPS) is 10.7. The maximum absolute atomic E-state index is 12.0. The highest BCUT2D eigenvalue weighted by Gasteiger charge is 2.09. The fraction of sp³-hybridized carbons (Fsp3) is 0.176. The standard InChI is InChI=1S/C17H16N4O3/c22-17(6-3-9-20-12-16(11-18-20)21(23)24)19-15-8-7-13-4-1-2-5-14(13)10-15/h1-2,4-5,7-8,10-12H,3,6,9H2,(H,19,22). The van der Waals surface area contributed by atoms with E-state index in [1.165, 1.54) is 17.1 Å². The van der Waals surface area contributed by atoms with E-state index in [0.29, 0.717) is 19.4 Å². The number of hydrogen-bond donors (Lipinski definition) is 1. The van der Waals surface area contributed by atoms with E-state index >= 15 is 0 Å². The molecule has 0 aliphatic rings. The summed E-state index contributed by atoms with van der Waals surface area (Å²) in [4.78, 5) is 22.1. The van der Waals surface area contributed by atoms with E-state index in [0.717, 1.165) is 16.5 Å². The third-order valence-corrected chi connectivity index (χ3v) is 3.65. The van der Waals surface area contributed by atoms with Crippen LogP contribution in [0.2, 0.25) is 0 Å². The minimum absolute atomic E-state index is 0.0457. The Kier molecular flexibility index (Phi) is 4.51. The van der Waals surface area contributed by atoms with Crippen LogP contribution in [0.1, 0.15) is 12.8 Å². The van der Waals surface area contributed by atoms with Crippen LogP contribution in [0.25, 0.3) is 10.8 Å². The van der Waals surface area contributed by atoms with Crippen molar-refractivity contribution in [1.82, 2.24) is 9.78 Å². The van der Waals surface area contributed by atoms with Gasteiger partial charge in [0.1, 0.15) is 12.4 Å². The van der Waals surface area contributed by atoms with Crippen molar-refractivity contribution in [2.45, 2.75) is 19.4 Å². The third-order valence-electron chi connectivity index (χ3n) is 3.65. The second-order valence-electron chi connectivity index (χ2n) is 5.43. The molecule has 7 heteroatoms. The highest BCUT2D eigenvalue weighted by Crippen LogP contribution is 2.19. The van der Waals surface area contributed by atoms with Crippen LogP contribution in [0.15, 0.2) is 54.9 Å². The molecule has 0 bridgehead atoms. The highest BCUT2D eigenvalue weighted by molar-refractivity contribution is 5.94. The molecule has 0 aliphatic heterocycles. The van der Waals surface area contributed by atoms with Crippen molar-refractivity contribution < 1.29 is 9.72 Å². The van der Waals surface area contributed by atoms with Gasteiger partial charge in [-0.3, -0.25) is 19.6 Å². The van der Waals surface area contributed by atoms with Gasteiger partial charge >= 0.3 is 5.69 Å². The number of nitrogens with zero attached hydrogens (tertiary/aromatic N) is 3. The molecule has 0 fully saturated rings. The molecule has 7 nitrogen and oxygen atoms in total. The fourth-order valence-corrected chi connectivity index (χ4v) is 2.46. The van der Waals surface area contributed by atoms with Gasteiger partial charge in [0.05, 0.1) is 4.92 Å². The molecule has 0 aliphatic carbocycles. The molecule has 1 N–H and O–H groups in total. The highest BCUT2D eigenvalue weighted by atomic mass is 16.6. The van der Waals surface area contributed by atoms with Crippen LogP contribution in [-0.2, 0) is 11.3 Å². The Balaban J connectivity index is 1.52. The topological polar surface area (TPSA) is 90.1 Å². The summed E-state index contributed by atoms with van der Waals surface area (Å²) in [5.41, 5.74) is 0.712. The quantitative estimate of drug-likeness (QED) is 0.556. The number of aryl methyl sites for hydroxylation is 1. The smallest absolute Gasteiger partial charge is 0.306 e. The van der Waals surface area contributed by atoms with E-state index in [1.807, 2.05) is 42.5 Å². The van der Waals surface area contributed by atoms with Gasteiger partial charge in [-0.2, -0.15) is 5.10 Å². The number of nitrogens with one attached hydrogen (secondary N) is 1. The Morgan fingerprint density at radius 3 is 2.75 bits per heavy atom. The van der Waals surface area contributed by atoms with Crippen molar-refractivity contribution in [3.8, 4) is 0 Å². The molecule has 3 rings (SSSR count). The zero-order chi connectivity index (χ0) is 16.9. The van der Waals surface area contributed by atoms with Crippen molar-refractivity contribution in [2.75, 3.05) is 5.32 Å². The van der Waals surface area contributed by atoms with Crippen LogP contribution in [0.4, 0.5) is 11.4 Å². The largest absolute Gasteiger partial charge is 0.326 e. The lowest BCUT2D eigenvalue weighted by molar-refractivity contribution is -0.385. The molecule has 0 unspecified atom stereocenters. The molecule has 3 aromatic rings. The molecule has 0 saturated carbocycles. The number of carbonyl (C=O) groups is 1. The Morgan fingerprint density at radius 2 is 2.00 bits per heavy atom. The third kappa shape index (κ3) is 3.75. The van der Waals surface area contributed by atoms with Gasteiger partial charge < -0.3 is 5.32 Å². The molecule has 122 valence electrons. The molecule has 0 radical (unpaired) electrons. The van der Waals surface area contributed by atoms with Gasteiger partial charge in [0.15, 0.2) is 0 Å². The Morgan fingerprint density at radius 1 is 1.21 bits per heavy atom. The van der Waals surface area contributed by atoms with Gasteiger partial charge in [0.2, 0.25) is 5.91 Å². The van der Waals surface area contributed by atoms with E-state index in [2.05, 4.69) is 10.4 Å². The van der Waals surface area contributed by atoms with Gasteiger partial charge in [-0.05, 0) is 29.3 Å². The molecule has 0 saturated heterocycles.